The smallest absolute Gasteiger partial charge is 0.339 e. The summed E-state index contributed by atoms with van der Waals surface area (Å²) in [6.07, 6.45) is 2.03. The van der Waals surface area contributed by atoms with Crippen LogP contribution in [0.1, 0.15) is 47.6 Å². The first kappa shape index (κ1) is 13.1. The zero-order valence-corrected chi connectivity index (χ0v) is 11.4. The van der Waals surface area contributed by atoms with Crippen molar-refractivity contribution in [3.8, 4) is 0 Å². The molecule has 1 aromatic rings. The molecule has 0 amide bonds. The van der Waals surface area contributed by atoms with Crippen molar-refractivity contribution < 1.29 is 14.3 Å². The number of hydrogen-bond acceptors (Lipinski definition) is 3. The Hall–Kier alpha value is -1.29. The SMILES string of the molecule is CCOC(=O)c1cc(C)n(C2CCOCC2)c1C. The molecule has 2 rings (SSSR count). The number of nitrogens with zero attached hydrogens (tertiary/aromatic N) is 1. The van der Waals surface area contributed by atoms with E-state index >= 15 is 0 Å². The van der Waals surface area contributed by atoms with E-state index in [1.165, 1.54) is 0 Å². The molecule has 0 spiro atoms. The summed E-state index contributed by atoms with van der Waals surface area (Å²) in [5.41, 5.74) is 2.83. The van der Waals surface area contributed by atoms with Crippen LogP contribution in [0.15, 0.2) is 6.07 Å². The lowest BCUT2D eigenvalue weighted by Gasteiger charge is -2.26. The molecule has 1 fully saturated rings. The molecule has 0 atom stereocenters. The average Bonchev–Trinajstić information content (AvgIpc) is 2.66. The van der Waals surface area contributed by atoms with Gasteiger partial charge < -0.3 is 14.0 Å². The van der Waals surface area contributed by atoms with Crippen LogP contribution in [-0.2, 0) is 9.47 Å². The van der Waals surface area contributed by atoms with E-state index in [2.05, 4.69) is 4.57 Å². The predicted octanol–water partition coefficient (Wildman–Crippen LogP) is 2.63. The van der Waals surface area contributed by atoms with Crippen LogP contribution in [0.5, 0.6) is 0 Å². The quantitative estimate of drug-likeness (QED) is 0.775. The van der Waals surface area contributed by atoms with Crippen molar-refractivity contribution >= 4 is 5.97 Å². The van der Waals surface area contributed by atoms with Gasteiger partial charge in [0.15, 0.2) is 0 Å². The number of aromatic nitrogens is 1. The van der Waals surface area contributed by atoms with Crippen molar-refractivity contribution in [2.24, 2.45) is 0 Å². The monoisotopic (exact) mass is 251 g/mol. The van der Waals surface area contributed by atoms with Crippen LogP contribution in [0.25, 0.3) is 0 Å². The van der Waals surface area contributed by atoms with Crippen LogP contribution in [0.3, 0.4) is 0 Å². The third kappa shape index (κ3) is 2.43. The van der Waals surface area contributed by atoms with E-state index in [0.29, 0.717) is 18.2 Å². The Balaban J connectivity index is 2.28. The number of ether oxygens (including phenoxy) is 2. The summed E-state index contributed by atoms with van der Waals surface area (Å²) in [4.78, 5) is 11.9. The van der Waals surface area contributed by atoms with Gasteiger partial charge in [-0.3, -0.25) is 0 Å². The molecule has 0 bridgehead atoms. The molecule has 1 aromatic heterocycles. The van der Waals surface area contributed by atoms with Gasteiger partial charge in [0.2, 0.25) is 0 Å². The van der Waals surface area contributed by atoms with Crippen LogP contribution >= 0.6 is 0 Å². The van der Waals surface area contributed by atoms with E-state index in [1.807, 2.05) is 26.8 Å². The van der Waals surface area contributed by atoms with Gasteiger partial charge in [0, 0.05) is 30.6 Å². The Bertz CT molecular complexity index is 430. The van der Waals surface area contributed by atoms with Gasteiger partial charge in [-0.25, -0.2) is 4.79 Å². The van der Waals surface area contributed by atoms with Crippen LogP contribution in [0.4, 0.5) is 0 Å². The lowest BCUT2D eigenvalue weighted by atomic mass is 10.1. The summed E-state index contributed by atoms with van der Waals surface area (Å²) >= 11 is 0. The minimum absolute atomic E-state index is 0.219. The largest absolute Gasteiger partial charge is 0.462 e. The number of rotatable bonds is 3. The highest BCUT2D eigenvalue weighted by atomic mass is 16.5. The summed E-state index contributed by atoms with van der Waals surface area (Å²) in [6, 6.07) is 2.38. The fraction of sp³-hybridized carbons (Fsp3) is 0.643. The highest BCUT2D eigenvalue weighted by Gasteiger charge is 2.23. The Morgan fingerprint density at radius 3 is 2.72 bits per heavy atom. The highest BCUT2D eigenvalue weighted by Crippen LogP contribution is 2.27. The third-order valence-corrected chi connectivity index (χ3v) is 3.54. The second-order valence-electron chi connectivity index (χ2n) is 4.72. The maximum Gasteiger partial charge on any atom is 0.339 e. The molecule has 2 heterocycles. The minimum atomic E-state index is -0.219. The van der Waals surface area contributed by atoms with E-state index in [-0.39, 0.29) is 5.97 Å². The Kier molecular flexibility index (Phi) is 4.07. The summed E-state index contributed by atoms with van der Waals surface area (Å²) in [6.45, 7) is 7.89. The molecule has 4 nitrogen and oxygen atoms in total. The minimum Gasteiger partial charge on any atom is -0.462 e. The van der Waals surface area contributed by atoms with Crippen LogP contribution in [0, 0.1) is 13.8 Å². The Morgan fingerprint density at radius 1 is 1.44 bits per heavy atom. The topological polar surface area (TPSA) is 40.5 Å². The Labute approximate surface area is 108 Å². The maximum absolute atomic E-state index is 11.9. The van der Waals surface area contributed by atoms with Crippen LogP contribution < -0.4 is 0 Å². The van der Waals surface area contributed by atoms with Gasteiger partial charge in [-0.05, 0) is 39.7 Å². The average molecular weight is 251 g/mol. The first-order valence-corrected chi connectivity index (χ1v) is 6.58. The normalized spacial score (nSPS) is 16.8. The summed E-state index contributed by atoms with van der Waals surface area (Å²) in [5.74, 6) is -0.219. The number of hydrogen-bond donors (Lipinski definition) is 0. The predicted molar refractivity (Wildman–Crippen MR) is 69.0 cm³/mol. The number of carbonyl (C=O) groups is 1. The van der Waals surface area contributed by atoms with Gasteiger partial charge in [0.25, 0.3) is 0 Å². The van der Waals surface area contributed by atoms with Crippen molar-refractivity contribution in [3.05, 3.63) is 23.0 Å². The number of aryl methyl sites for hydroxylation is 1. The molecule has 100 valence electrons. The highest BCUT2D eigenvalue weighted by molar-refractivity contribution is 5.91. The van der Waals surface area contributed by atoms with Gasteiger partial charge in [-0.2, -0.15) is 0 Å². The van der Waals surface area contributed by atoms with Gasteiger partial charge in [0.1, 0.15) is 0 Å². The fourth-order valence-corrected chi connectivity index (χ4v) is 2.70. The van der Waals surface area contributed by atoms with Crippen molar-refractivity contribution in [3.63, 3.8) is 0 Å². The van der Waals surface area contributed by atoms with Crippen molar-refractivity contribution in [1.82, 2.24) is 4.57 Å². The second kappa shape index (κ2) is 5.57. The van der Waals surface area contributed by atoms with Gasteiger partial charge in [-0.15, -0.1) is 0 Å². The van der Waals surface area contributed by atoms with Crippen molar-refractivity contribution in [1.29, 1.82) is 0 Å². The number of esters is 1. The molecular formula is C14H21NO3. The summed E-state index contributed by atoms with van der Waals surface area (Å²) in [5, 5.41) is 0. The molecule has 0 aromatic carbocycles. The molecule has 18 heavy (non-hydrogen) atoms. The molecule has 0 saturated carbocycles. The van der Waals surface area contributed by atoms with Crippen molar-refractivity contribution in [2.75, 3.05) is 19.8 Å². The first-order valence-electron chi connectivity index (χ1n) is 6.58. The van der Waals surface area contributed by atoms with E-state index in [1.54, 1.807) is 0 Å². The molecule has 1 aliphatic heterocycles. The zero-order chi connectivity index (χ0) is 13.1. The Morgan fingerprint density at radius 2 is 2.11 bits per heavy atom. The molecule has 0 aliphatic carbocycles. The number of carbonyl (C=O) groups excluding carboxylic acids is 1. The van der Waals surface area contributed by atoms with E-state index < -0.39 is 0 Å². The van der Waals surface area contributed by atoms with E-state index in [9.17, 15) is 4.79 Å². The van der Waals surface area contributed by atoms with Crippen LogP contribution in [-0.4, -0.2) is 30.4 Å². The molecule has 0 N–H and O–H groups in total. The fourth-order valence-electron chi connectivity index (χ4n) is 2.70. The van der Waals surface area contributed by atoms with E-state index in [4.69, 9.17) is 9.47 Å². The van der Waals surface area contributed by atoms with Gasteiger partial charge in [-0.1, -0.05) is 0 Å². The van der Waals surface area contributed by atoms with E-state index in [0.717, 1.165) is 37.4 Å². The molecule has 1 aliphatic rings. The third-order valence-electron chi connectivity index (χ3n) is 3.54. The molecule has 1 saturated heterocycles. The van der Waals surface area contributed by atoms with Crippen molar-refractivity contribution in [2.45, 2.75) is 39.7 Å². The molecule has 4 heteroatoms. The first-order chi connectivity index (χ1) is 8.65. The lowest BCUT2D eigenvalue weighted by molar-refractivity contribution is 0.0524. The van der Waals surface area contributed by atoms with Gasteiger partial charge in [0.05, 0.1) is 12.2 Å². The standard InChI is InChI=1S/C14H21NO3/c1-4-18-14(16)13-9-10(2)15(11(13)3)12-5-7-17-8-6-12/h9,12H,4-8H2,1-3H3. The maximum atomic E-state index is 11.9. The van der Waals surface area contributed by atoms with Crippen LogP contribution in [0.2, 0.25) is 0 Å². The molecule has 0 radical (unpaired) electrons. The molecule has 0 unspecified atom stereocenters. The molecular weight excluding hydrogens is 230 g/mol. The second-order valence-corrected chi connectivity index (χ2v) is 4.72. The summed E-state index contributed by atoms with van der Waals surface area (Å²) < 4.78 is 12.7. The summed E-state index contributed by atoms with van der Waals surface area (Å²) in [7, 11) is 0. The lowest BCUT2D eigenvalue weighted by Crippen LogP contribution is -2.21. The zero-order valence-electron chi connectivity index (χ0n) is 11.4. The van der Waals surface area contributed by atoms with Gasteiger partial charge >= 0.3 is 5.97 Å².